The molecule has 0 saturated carbocycles. The van der Waals surface area contributed by atoms with Crippen LogP contribution in [-0.4, -0.2) is 51.5 Å². The van der Waals surface area contributed by atoms with Gasteiger partial charge in [-0.1, -0.05) is 30.3 Å². The maximum atomic E-state index is 13.1. The van der Waals surface area contributed by atoms with E-state index in [2.05, 4.69) is 10.2 Å². The van der Waals surface area contributed by atoms with Crippen molar-refractivity contribution < 1.29 is 27.4 Å². The highest BCUT2D eigenvalue weighted by Crippen LogP contribution is 2.42. The zero-order chi connectivity index (χ0) is 22.3. The van der Waals surface area contributed by atoms with Crippen LogP contribution in [0.1, 0.15) is 30.0 Å². The van der Waals surface area contributed by atoms with Crippen LogP contribution in [0.25, 0.3) is 0 Å². The monoisotopic (exact) mass is 438 g/mol. The van der Waals surface area contributed by atoms with Crippen LogP contribution in [0.15, 0.2) is 42.5 Å². The molecule has 0 aromatic heterocycles. The second-order valence-electron chi connectivity index (χ2n) is 7.47. The van der Waals surface area contributed by atoms with Crippen LogP contribution in [0, 0.1) is 0 Å². The van der Waals surface area contributed by atoms with Gasteiger partial charge < -0.3 is 19.5 Å². The molecule has 0 unspecified atom stereocenters. The Balaban J connectivity index is 1.97. The van der Waals surface area contributed by atoms with E-state index in [1.165, 1.54) is 14.2 Å². The molecule has 2 aromatic rings. The minimum absolute atomic E-state index is 0.0549. The molecular formula is C23H29F3N2O3. The first-order valence-corrected chi connectivity index (χ1v) is 10.4. The molecule has 0 spiro atoms. The van der Waals surface area contributed by atoms with Crippen LogP contribution in [0.2, 0.25) is 0 Å². The van der Waals surface area contributed by atoms with Crippen LogP contribution in [0.5, 0.6) is 17.2 Å². The summed E-state index contributed by atoms with van der Waals surface area (Å²) < 4.78 is 56.3. The number of ether oxygens (including phenoxy) is 3. The summed E-state index contributed by atoms with van der Waals surface area (Å²) in [6.45, 7) is 3.09. The molecule has 0 amide bonds. The van der Waals surface area contributed by atoms with E-state index in [1.54, 1.807) is 12.1 Å². The Morgan fingerprint density at radius 1 is 0.968 bits per heavy atom. The van der Waals surface area contributed by atoms with Gasteiger partial charge in [-0.15, -0.1) is 0 Å². The summed E-state index contributed by atoms with van der Waals surface area (Å²) in [5.41, 5.74) is 1.65. The fraction of sp³-hybridized carbons (Fsp3) is 0.478. The summed E-state index contributed by atoms with van der Waals surface area (Å²) in [7, 11) is 3.04. The Labute approximate surface area is 181 Å². The summed E-state index contributed by atoms with van der Waals surface area (Å²) in [6.07, 6.45) is -5.15. The lowest BCUT2D eigenvalue weighted by molar-refractivity contribution is -0.138. The van der Waals surface area contributed by atoms with Crippen LogP contribution >= 0.6 is 0 Å². The van der Waals surface area contributed by atoms with E-state index >= 15 is 0 Å². The van der Waals surface area contributed by atoms with E-state index in [0.717, 1.165) is 18.7 Å². The van der Waals surface area contributed by atoms with Crippen molar-refractivity contribution in [3.8, 4) is 17.2 Å². The minimum Gasteiger partial charge on any atom is -0.493 e. The van der Waals surface area contributed by atoms with Crippen molar-refractivity contribution in [3.05, 3.63) is 53.6 Å². The number of halogens is 3. The Kier molecular flexibility index (Phi) is 8.03. The van der Waals surface area contributed by atoms with Crippen LogP contribution in [0.3, 0.4) is 0 Å². The highest BCUT2D eigenvalue weighted by atomic mass is 19.4. The van der Waals surface area contributed by atoms with Crippen molar-refractivity contribution in [1.29, 1.82) is 0 Å². The van der Waals surface area contributed by atoms with Gasteiger partial charge in [0, 0.05) is 50.3 Å². The smallest absolute Gasteiger partial charge is 0.389 e. The Hall–Kier alpha value is -2.45. The highest BCUT2D eigenvalue weighted by Gasteiger charge is 2.33. The first-order chi connectivity index (χ1) is 14.9. The summed E-state index contributed by atoms with van der Waals surface area (Å²) in [6, 6.07) is 12.7. The Morgan fingerprint density at radius 2 is 1.61 bits per heavy atom. The molecule has 1 aliphatic rings. The number of nitrogens with one attached hydrogen (secondary N) is 1. The minimum atomic E-state index is -4.23. The molecule has 1 heterocycles. The first kappa shape index (κ1) is 23.2. The topological polar surface area (TPSA) is 43.0 Å². The van der Waals surface area contributed by atoms with E-state index in [-0.39, 0.29) is 6.42 Å². The molecule has 170 valence electrons. The van der Waals surface area contributed by atoms with E-state index in [9.17, 15) is 13.2 Å². The molecule has 0 radical (unpaired) electrons. The molecule has 1 aliphatic heterocycles. The largest absolute Gasteiger partial charge is 0.493 e. The van der Waals surface area contributed by atoms with Crippen LogP contribution in [-0.2, 0) is 6.61 Å². The molecule has 3 rings (SSSR count). The number of nitrogens with zero attached hydrogens (tertiary/aromatic N) is 1. The summed E-state index contributed by atoms with van der Waals surface area (Å²) >= 11 is 0. The van der Waals surface area contributed by atoms with Gasteiger partial charge in [0.1, 0.15) is 12.4 Å². The van der Waals surface area contributed by atoms with E-state index < -0.39 is 18.6 Å². The molecule has 5 nitrogen and oxygen atoms in total. The van der Waals surface area contributed by atoms with Crippen molar-refractivity contribution in [2.45, 2.75) is 31.7 Å². The highest BCUT2D eigenvalue weighted by molar-refractivity contribution is 5.52. The molecule has 8 heteroatoms. The molecule has 1 atom stereocenters. The third-order valence-electron chi connectivity index (χ3n) is 5.41. The maximum Gasteiger partial charge on any atom is 0.389 e. The fourth-order valence-corrected chi connectivity index (χ4v) is 3.83. The second-order valence-corrected chi connectivity index (χ2v) is 7.47. The van der Waals surface area contributed by atoms with Gasteiger partial charge in [0.25, 0.3) is 0 Å². The number of rotatable bonds is 9. The van der Waals surface area contributed by atoms with Gasteiger partial charge >= 0.3 is 6.18 Å². The predicted octanol–water partition coefficient (Wildman–Crippen LogP) is 4.57. The summed E-state index contributed by atoms with van der Waals surface area (Å²) in [5, 5.41) is 3.26. The Bertz CT molecular complexity index is 825. The lowest BCUT2D eigenvalue weighted by Crippen LogP contribution is -2.45. The van der Waals surface area contributed by atoms with Gasteiger partial charge in [-0.05, 0) is 18.1 Å². The number of hydrogen-bond donors (Lipinski definition) is 1. The number of hydrogen-bond acceptors (Lipinski definition) is 5. The molecule has 0 bridgehead atoms. The van der Waals surface area contributed by atoms with Gasteiger partial charge in [0.05, 0.1) is 14.2 Å². The van der Waals surface area contributed by atoms with E-state index in [4.69, 9.17) is 14.2 Å². The van der Waals surface area contributed by atoms with Crippen molar-refractivity contribution >= 4 is 0 Å². The summed E-state index contributed by atoms with van der Waals surface area (Å²) in [5.74, 6) is 1.45. The van der Waals surface area contributed by atoms with Gasteiger partial charge in [0.2, 0.25) is 0 Å². The lowest BCUT2D eigenvalue weighted by atomic mass is 9.97. The third-order valence-corrected chi connectivity index (χ3v) is 5.41. The molecule has 2 aromatic carbocycles. The SMILES string of the molecule is COc1cc(OCc2ccccc2)c([C@@H](CCC(F)(F)F)N2CCNCC2)cc1OC. The second kappa shape index (κ2) is 10.7. The van der Waals surface area contributed by atoms with Crippen molar-refractivity contribution in [2.24, 2.45) is 0 Å². The third kappa shape index (κ3) is 6.51. The molecule has 1 saturated heterocycles. The molecule has 31 heavy (non-hydrogen) atoms. The van der Waals surface area contributed by atoms with Crippen molar-refractivity contribution in [1.82, 2.24) is 10.2 Å². The van der Waals surface area contributed by atoms with Crippen LogP contribution < -0.4 is 19.5 Å². The van der Waals surface area contributed by atoms with E-state index in [0.29, 0.717) is 42.5 Å². The van der Waals surface area contributed by atoms with E-state index in [1.807, 2.05) is 30.3 Å². The van der Waals surface area contributed by atoms with Crippen molar-refractivity contribution in [3.63, 3.8) is 0 Å². The standard InChI is InChI=1S/C23H29F3N2O3/c1-29-21-14-18(19(8-9-23(24,25)26)28-12-10-27-11-13-28)20(15-22(21)30-2)31-16-17-6-4-3-5-7-17/h3-7,14-15,19,27H,8-13,16H2,1-2H3/t19-/m1/s1. The number of benzene rings is 2. The normalized spacial score (nSPS) is 16.0. The zero-order valence-electron chi connectivity index (χ0n) is 17.9. The average Bonchev–Trinajstić information content (AvgIpc) is 2.78. The van der Waals surface area contributed by atoms with Gasteiger partial charge in [-0.3, -0.25) is 4.90 Å². The summed E-state index contributed by atoms with van der Waals surface area (Å²) in [4.78, 5) is 2.08. The van der Waals surface area contributed by atoms with Gasteiger partial charge in [-0.2, -0.15) is 13.2 Å². The Morgan fingerprint density at radius 3 is 2.23 bits per heavy atom. The fourth-order valence-electron chi connectivity index (χ4n) is 3.83. The average molecular weight is 438 g/mol. The first-order valence-electron chi connectivity index (χ1n) is 10.4. The quantitative estimate of drug-likeness (QED) is 0.621. The molecule has 0 aliphatic carbocycles. The molecule has 1 N–H and O–H groups in total. The molecule has 1 fully saturated rings. The molecular weight excluding hydrogens is 409 g/mol. The van der Waals surface area contributed by atoms with Crippen molar-refractivity contribution in [2.75, 3.05) is 40.4 Å². The number of alkyl halides is 3. The zero-order valence-corrected chi connectivity index (χ0v) is 17.9. The number of methoxy groups -OCH3 is 2. The number of piperazine rings is 1. The maximum absolute atomic E-state index is 13.1. The van der Waals surface area contributed by atoms with Gasteiger partial charge in [0.15, 0.2) is 11.5 Å². The van der Waals surface area contributed by atoms with Gasteiger partial charge in [-0.25, -0.2) is 0 Å². The van der Waals surface area contributed by atoms with Crippen LogP contribution in [0.4, 0.5) is 13.2 Å². The lowest BCUT2D eigenvalue weighted by Gasteiger charge is -2.36. The predicted molar refractivity (Wildman–Crippen MR) is 113 cm³/mol.